The van der Waals surface area contributed by atoms with Crippen LogP contribution in [0.15, 0.2) is 42.0 Å². The van der Waals surface area contributed by atoms with Gasteiger partial charge in [0.2, 0.25) is 5.75 Å². The highest BCUT2D eigenvalue weighted by molar-refractivity contribution is 6.03. The van der Waals surface area contributed by atoms with Gasteiger partial charge in [-0.2, -0.15) is 5.26 Å². The van der Waals surface area contributed by atoms with Crippen molar-refractivity contribution in [1.29, 1.82) is 5.26 Å². The Hall–Kier alpha value is -4.26. The molecule has 2 aromatic rings. The van der Waals surface area contributed by atoms with Gasteiger partial charge in [-0.25, -0.2) is 0 Å². The predicted octanol–water partition coefficient (Wildman–Crippen LogP) is 2.16. The van der Waals surface area contributed by atoms with Crippen LogP contribution in [0.25, 0.3) is 5.76 Å². The van der Waals surface area contributed by atoms with Crippen LogP contribution >= 0.6 is 0 Å². The van der Waals surface area contributed by atoms with Crippen molar-refractivity contribution >= 4 is 17.4 Å². The molecule has 0 spiro atoms. The molecule has 0 saturated heterocycles. The Kier molecular flexibility index (Phi) is 5.70. The summed E-state index contributed by atoms with van der Waals surface area (Å²) in [6.45, 7) is -0.0784. The number of nitro groups is 1. The molecule has 28 heavy (non-hydrogen) atoms. The second kappa shape index (κ2) is 7.96. The third kappa shape index (κ3) is 3.94. The number of benzene rings is 2. The highest BCUT2D eigenvalue weighted by Gasteiger charge is 2.25. The minimum Gasteiger partial charge on any atom is -0.508 e. The van der Waals surface area contributed by atoms with Crippen LogP contribution in [0.1, 0.15) is 11.1 Å². The van der Waals surface area contributed by atoms with E-state index in [4.69, 9.17) is 0 Å². The van der Waals surface area contributed by atoms with Crippen LogP contribution in [-0.4, -0.2) is 43.2 Å². The van der Waals surface area contributed by atoms with E-state index < -0.39 is 44.9 Å². The number of rotatable bonds is 5. The van der Waals surface area contributed by atoms with E-state index in [1.165, 1.54) is 19.2 Å². The van der Waals surface area contributed by atoms with Gasteiger partial charge in [0, 0.05) is 30.8 Å². The second-order valence-electron chi connectivity index (χ2n) is 5.75. The van der Waals surface area contributed by atoms with Gasteiger partial charge in [-0.3, -0.25) is 14.9 Å². The highest BCUT2D eigenvalue weighted by Crippen LogP contribution is 2.38. The fourth-order valence-corrected chi connectivity index (χ4v) is 2.39. The molecule has 0 aliphatic carbocycles. The third-order valence-electron chi connectivity index (χ3n) is 3.85. The fourth-order valence-electron chi connectivity index (χ4n) is 2.39. The van der Waals surface area contributed by atoms with Crippen LogP contribution in [0.2, 0.25) is 0 Å². The summed E-state index contributed by atoms with van der Waals surface area (Å²) in [6, 6.07) is 9.25. The molecule has 2 aromatic carbocycles. The van der Waals surface area contributed by atoms with E-state index in [9.17, 15) is 40.6 Å². The monoisotopic (exact) mass is 385 g/mol. The quantitative estimate of drug-likeness (QED) is 0.152. The van der Waals surface area contributed by atoms with Gasteiger partial charge < -0.3 is 25.3 Å². The largest absolute Gasteiger partial charge is 0.508 e. The molecule has 1 amide bonds. The van der Waals surface area contributed by atoms with E-state index in [2.05, 4.69) is 0 Å². The Labute approximate surface area is 158 Å². The number of aromatic hydroxyl groups is 3. The van der Waals surface area contributed by atoms with E-state index in [1.807, 2.05) is 0 Å². The second-order valence-corrected chi connectivity index (χ2v) is 5.75. The molecular formula is C18H15N3O7. The molecule has 144 valence electrons. The summed E-state index contributed by atoms with van der Waals surface area (Å²) in [6.07, 6.45) is 0. The number of para-hydroxylation sites is 1. The van der Waals surface area contributed by atoms with Crippen LogP contribution < -0.4 is 0 Å². The minimum atomic E-state index is -1.01. The summed E-state index contributed by atoms with van der Waals surface area (Å²) < 4.78 is 0. The number of carbonyl (C=O) groups is 1. The first-order chi connectivity index (χ1) is 13.2. The molecule has 0 aliphatic rings. The number of carbonyl (C=O) groups excluding carboxylic acids is 1. The van der Waals surface area contributed by atoms with Gasteiger partial charge >= 0.3 is 5.69 Å². The van der Waals surface area contributed by atoms with E-state index in [0.717, 1.165) is 17.0 Å². The van der Waals surface area contributed by atoms with Crippen molar-refractivity contribution in [2.45, 2.75) is 6.54 Å². The smallest absolute Gasteiger partial charge is 0.315 e. The summed E-state index contributed by atoms with van der Waals surface area (Å²) in [7, 11) is 1.33. The van der Waals surface area contributed by atoms with Gasteiger partial charge in [0.05, 0.1) is 4.92 Å². The molecule has 0 unspecified atom stereocenters. The number of hydrogen-bond acceptors (Lipinski definition) is 8. The maximum Gasteiger partial charge on any atom is 0.315 e. The first-order valence-electron chi connectivity index (χ1n) is 7.73. The fraction of sp³-hybridized carbons (Fsp3) is 0.111. The molecule has 0 atom stereocenters. The first kappa shape index (κ1) is 20.1. The summed E-state index contributed by atoms with van der Waals surface area (Å²) in [5, 5.41) is 59.4. The predicted molar refractivity (Wildman–Crippen MR) is 96.2 cm³/mol. The topological polar surface area (TPSA) is 168 Å². The number of hydrogen-bond donors (Lipinski definition) is 4. The number of aliphatic hydroxyl groups is 1. The van der Waals surface area contributed by atoms with Crippen LogP contribution in [0, 0.1) is 21.4 Å². The highest BCUT2D eigenvalue weighted by atomic mass is 16.6. The summed E-state index contributed by atoms with van der Waals surface area (Å²) in [5.74, 6) is -3.80. The normalized spacial score (nSPS) is 11.3. The van der Waals surface area contributed by atoms with Crippen molar-refractivity contribution in [2.24, 2.45) is 0 Å². The summed E-state index contributed by atoms with van der Waals surface area (Å²) in [4.78, 5) is 23.5. The van der Waals surface area contributed by atoms with Gasteiger partial charge in [-0.05, 0) is 12.1 Å². The molecular weight excluding hydrogens is 370 g/mol. The zero-order chi connectivity index (χ0) is 21.0. The summed E-state index contributed by atoms with van der Waals surface area (Å²) in [5.41, 5.74) is -1.65. The standard InChI is InChI=1S/C18H15N3O7/c1-20(9-10-4-2-3-5-14(10)22)18(26)12(8-19)16(24)11-6-13(21(27)28)17(25)15(23)7-11/h2-7,22-25H,9H2,1H3/b16-12-. The molecule has 0 aliphatic heterocycles. The maximum atomic E-state index is 12.5. The van der Waals surface area contributed by atoms with Crippen molar-refractivity contribution in [3.8, 4) is 23.3 Å². The minimum absolute atomic E-state index is 0.0621. The van der Waals surface area contributed by atoms with Gasteiger partial charge in [0.15, 0.2) is 11.3 Å². The lowest BCUT2D eigenvalue weighted by Crippen LogP contribution is -2.28. The third-order valence-corrected chi connectivity index (χ3v) is 3.85. The Balaban J connectivity index is 2.43. The zero-order valence-electron chi connectivity index (χ0n) is 14.5. The van der Waals surface area contributed by atoms with E-state index in [1.54, 1.807) is 18.2 Å². The first-order valence-corrected chi connectivity index (χ1v) is 7.73. The Morgan fingerprint density at radius 2 is 1.86 bits per heavy atom. The maximum absolute atomic E-state index is 12.5. The molecule has 0 fully saturated rings. The van der Waals surface area contributed by atoms with Gasteiger partial charge in [0.1, 0.15) is 17.6 Å². The average molecular weight is 385 g/mol. The van der Waals surface area contributed by atoms with Crippen molar-refractivity contribution in [1.82, 2.24) is 4.90 Å². The number of aliphatic hydroxyl groups excluding tert-OH is 1. The number of likely N-dealkylation sites (N-methyl/N-ethyl adjacent to an activating group) is 1. The molecule has 10 heteroatoms. The molecule has 0 bridgehead atoms. The number of nitriles is 1. The molecule has 0 heterocycles. The number of phenolic OH excluding ortho intramolecular Hbond substituents is 3. The molecule has 4 N–H and O–H groups in total. The molecule has 10 nitrogen and oxygen atoms in total. The number of amides is 1. The molecule has 0 saturated carbocycles. The lowest BCUT2D eigenvalue weighted by Gasteiger charge is -2.18. The molecule has 2 rings (SSSR count). The van der Waals surface area contributed by atoms with Crippen LogP contribution in [0.4, 0.5) is 5.69 Å². The Bertz CT molecular complexity index is 1020. The molecule has 0 radical (unpaired) electrons. The van der Waals surface area contributed by atoms with Gasteiger partial charge in [-0.1, -0.05) is 18.2 Å². The van der Waals surface area contributed by atoms with Crippen LogP contribution in [0.5, 0.6) is 17.2 Å². The van der Waals surface area contributed by atoms with Gasteiger partial charge in [-0.15, -0.1) is 0 Å². The van der Waals surface area contributed by atoms with Crippen LogP contribution in [0.3, 0.4) is 0 Å². The lowest BCUT2D eigenvalue weighted by molar-refractivity contribution is -0.386. The number of nitro benzene ring substituents is 1. The Morgan fingerprint density at radius 3 is 2.43 bits per heavy atom. The number of nitrogens with zero attached hydrogens (tertiary/aromatic N) is 3. The van der Waals surface area contributed by atoms with E-state index in [0.29, 0.717) is 5.56 Å². The van der Waals surface area contributed by atoms with E-state index >= 15 is 0 Å². The Morgan fingerprint density at radius 1 is 1.21 bits per heavy atom. The number of phenols is 3. The molecule has 0 aromatic heterocycles. The summed E-state index contributed by atoms with van der Waals surface area (Å²) >= 11 is 0. The van der Waals surface area contributed by atoms with Crippen molar-refractivity contribution in [3.05, 3.63) is 63.2 Å². The van der Waals surface area contributed by atoms with Crippen molar-refractivity contribution < 1.29 is 30.1 Å². The lowest BCUT2D eigenvalue weighted by atomic mass is 10.1. The SMILES string of the molecule is CN(Cc1ccccc1O)C(=O)/C(C#N)=C(\O)c1cc(O)c(O)c([N+](=O)[O-])c1. The van der Waals surface area contributed by atoms with Crippen molar-refractivity contribution in [3.63, 3.8) is 0 Å². The zero-order valence-corrected chi connectivity index (χ0v) is 14.5. The van der Waals surface area contributed by atoms with Crippen LogP contribution in [-0.2, 0) is 11.3 Å². The van der Waals surface area contributed by atoms with Gasteiger partial charge in [0.25, 0.3) is 5.91 Å². The van der Waals surface area contributed by atoms with Crippen molar-refractivity contribution in [2.75, 3.05) is 7.05 Å². The van der Waals surface area contributed by atoms with E-state index in [-0.39, 0.29) is 12.3 Å². The average Bonchev–Trinajstić information content (AvgIpc) is 2.65.